The van der Waals surface area contributed by atoms with E-state index in [0.29, 0.717) is 23.7 Å². The zero-order chi connectivity index (χ0) is 16.5. The van der Waals surface area contributed by atoms with Gasteiger partial charge in [0.05, 0.1) is 17.5 Å². The van der Waals surface area contributed by atoms with Crippen LogP contribution in [0.3, 0.4) is 0 Å². The summed E-state index contributed by atoms with van der Waals surface area (Å²) < 4.78 is 25.2. The first-order valence-corrected chi connectivity index (χ1v) is 9.15. The second kappa shape index (κ2) is 7.07. The number of carbonyl (C=O) groups excluding carboxylic acids is 1. The molecule has 0 saturated heterocycles. The summed E-state index contributed by atoms with van der Waals surface area (Å²) >= 11 is 0. The summed E-state index contributed by atoms with van der Waals surface area (Å²) in [5.74, 6) is 0.178. The normalized spacial score (nSPS) is 16.9. The third-order valence-corrected chi connectivity index (χ3v) is 4.69. The van der Waals surface area contributed by atoms with E-state index in [4.69, 9.17) is 5.73 Å². The third-order valence-electron chi connectivity index (χ3n) is 4.10. The first kappa shape index (κ1) is 19.7. The number of halogens is 1. The molecule has 0 bridgehead atoms. The van der Waals surface area contributed by atoms with Gasteiger partial charge < -0.3 is 11.1 Å². The Hall–Kier alpha value is -1.31. The number of nitrogens with one attached hydrogen (secondary N) is 2. The Morgan fingerprint density at radius 2 is 2.00 bits per heavy atom. The van der Waals surface area contributed by atoms with Gasteiger partial charge in [0, 0.05) is 12.1 Å². The summed E-state index contributed by atoms with van der Waals surface area (Å²) in [6.45, 7) is 4.11. The molecule has 0 heterocycles. The molecule has 23 heavy (non-hydrogen) atoms. The average molecular weight is 362 g/mol. The standard InChI is InChI=1S/C15H23N3O3S.ClH/c1-10-4-5-11(8-13(10)18-22(3,20)21)14(19)17-15(2,9-16)12-6-7-12;/h4-5,8,12,18H,6-7,9,16H2,1-3H3,(H,17,19);1H. The molecule has 1 fully saturated rings. The molecule has 1 aliphatic rings. The Morgan fingerprint density at radius 3 is 2.48 bits per heavy atom. The molecule has 1 aromatic rings. The highest BCUT2D eigenvalue weighted by Crippen LogP contribution is 2.39. The largest absolute Gasteiger partial charge is 0.345 e. The maximum atomic E-state index is 12.4. The maximum Gasteiger partial charge on any atom is 0.251 e. The van der Waals surface area contributed by atoms with Gasteiger partial charge in [-0.2, -0.15) is 0 Å². The smallest absolute Gasteiger partial charge is 0.251 e. The lowest BCUT2D eigenvalue weighted by Crippen LogP contribution is -2.53. The highest BCUT2D eigenvalue weighted by atomic mass is 35.5. The van der Waals surface area contributed by atoms with Crippen molar-refractivity contribution in [3.63, 3.8) is 0 Å². The number of rotatable bonds is 6. The fourth-order valence-corrected chi connectivity index (χ4v) is 3.06. The topological polar surface area (TPSA) is 101 Å². The quantitative estimate of drug-likeness (QED) is 0.716. The molecule has 0 aliphatic heterocycles. The Morgan fingerprint density at radius 1 is 1.39 bits per heavy atom. The molecule has 1 saturated carbocycles. The number of nitrogens with two attached hydrogens (primary N) is 1. The lowest BCUT2D eigenvalue weighted by molar-refractivity contribution is 0.0898. The van der Waals surface area contributed by atoms with E-state index in [1.54, 1.807) is 25.1 Å². The van der Waals surface area contributed by atoms with E-state index in [9.17, 15) is 13.2 Å². The lowest BCUT2D eigenvalue weighted by Gasteiger charge is -2.29. The molecule has 1 amide bonds. The molecule has 8 heteroatoms. The first-order valence-electron chi connectivity index (χ1n) is 7.25. The Balaban J connectivity index is 0.00000264. The van der Waals surface area contributed by atoms with Gasteiger partial charge in [-0.3, -0.25) is 9.52 Å². The fourth-order valence-electron chi connectivity index (χ4n) is 2.44. The SMILES string of the molecule is Cc1ccc(C(=O)NC(C)(CN)C2CC2)cc1NS(C)(=O)=O.Cl. The summed E-state index contributed by atoms with van der Waals surface area (Å²) in [6.07, 6.45) is 3.23. The van der Waals surface area contributed by atoms with Crippen molar-refractivity contribution in [3.05, 3.63) is 29.3 Å². The number of aryl methyl sites for hydroxylation is 1. The number of anilines is 1. The van der Waals surface area contributed by atoms with Gasteiger partial charge in [0.2, 0.25) is 10.0 Å². The van der Waals surface area contributed by atoms with Gasteiger partial charge in [0.15, 0.2) is 0 Å². The van der Waals surface area contributed by atoms with E-state index in [1.807, 2.05) is 6.92 Å². The molecule has 0 aromatic heterocycles. The van der Waals surface area contributed by atoms with Crippen molar-refractivity contribution in [3.8, 4) is 0 Å². The van der Waals surface area contributed by atoms with Crippen molar-refractivity contribution in [2.75, 3.05) is 17.5 Å². The summed E-state index contributed by atoms with van der Waals surface area (Å²) in [4.78, 5) is 12.4. The number of amides is 1. The Labute approximate surface area is 143 Å². The van der Waals surface area contributed by atoms with Crippen LogP contribution < -0.4 is 15.8 Å². The third kappa shape index (κ3) is 5.09. The minimum Gasteiger partial charge on any atom is -0.345 e. The van der Waals surface area contributed by atoms with Gasteiger partial charge in [0.1, 0.15) is 0 Å². The van der Waals surface area contributed by atoms with E-state index < -0.39 is 15.6 Å². The number of benzene rings is 1. The summed E-state index contributed by atoms with van der Waals surface area (Å²) in [7, 11) is -3.39. The maximum absolute atomic E-state index is 12.4. The number of hydrogen-bond acceptors (Lipinski definition) is 4. The van der Waals surface area contributed by atoms with Gasteiger partial charge in [-0.25, -0.2) is 8.42 Å². The van der Waals surface area contributed by atoms with Gasteiger partial charge in [-0.15, -0.1) is 12.4 Å². The predicted molar refractivity (Wildman–Crippen MR) is 94.5 cm³/mol. The second-order valence-electron chi connectivity index (χ2n) is 6.25. The van der Waals surface area contributed by atoms with Crippen LogP contribution in [-0.4, -0.2) is 32.7 Å². The van der Waals surface area contributed by atoms with Gasteiger partial charge in [-0.05, 0) is 50.3 Å². The molecule has 4 N–H and O–H groups in total. The Bertz CT molecular complexity index is 689. The molecule has 2 rings (SSSR count). The number of hydrogen-bond donors (Lipinski definition) is 3. The van der Waals surface area contributed by atoms with Gasteiger partial charge >= 0.3 is 0 Å². The van der Waals surface area contributed by atoms with Crippen LogP contribution in [-0.2, 0) is 10.0 Å². The predicted octanol–water partition coefficient (Wildman–Crippen LogP) is 1.65. The number of sulfonamides is 1. The van der Waals surface area contributed by atoms with Crippen molar-refractivity contribution < 1.29 is 13.2 Å². The molecule has 1 aliphatic carbocycles. The van der Waals surface area contributed by atoms with Crippen molar-refractivity contribution in [1.29, 1.82) is 0 Å². The molecular weight excluding hydrogens is 338 g/mol. The first-order chi connectivity index (χ1) is 10.1. The van der Waals surface area contributed by atoms with E-state index in [1.165, 1.54) is 0 Å². The zero-order valence-corrected chi connectivity index (χ0v) is 15.2. The van der Waals surface area contributed by atoms with Crippen LogP contribution >= 0.6 is 12.4 Å². The van der Waals surface area contributed by atoms with Crippen LogP contribution in [0, 0.1) is 12.8 Å². The summed E-state index contributed by atoms with van der Waals surface area (Å²) in [5.41, 5.74) is 6.98. The summed E-state index contributed by atoms with van der Waals surface area (Å²) in [5, 5.41) is 2.99. The second-order valence-corrected chi connectivity index (χ2v) is 8.00. The van der Waals surface area contributed by atoms with Crippen LogP contribution in [0.25, 0.3) is 0 Å². The summed E-state index contributed by atoms with van der Waals surface area (Å²) in [6, 6.07) is 4.96. The van der Waals surface area contributed by atoms with E-state index in [0.717, 1.165) is 24.7 Å². The highest BCUT2D eigenvalue weighted by Gasteiger charge is 2.41. The van der Waals surface area contributed by atoms with E-state index in [2.05, 4.69) is 10.0 Å². The number of carbonyl (C=O) groups is 1. The minimum absolute atomic E-state index is 0. The molecule has 130 valence electrons. The minimum atomic E-state index is -3.39. The average Bonchev–Trinajstić information content (AvgIpc) is 3.24. The van der Waals surface area contributed by atoms with Crippen LogP contribution in [0.15, 0.2) is 18.2 Å². The monoisotopic (exact) mass is 361 g/mol. The lowest BCUT2D eigenvalue weighted by atomic mass is 9.95. The van der Waals surface area contributed by atoms with Crippen molar-refractivity contribution >= 4 is 34.0 Å². The van der Waals surface area contributed by atoms with Crippen LogP contribution in [0.2, 0.25) is 0 Å². The van der Waals surface area contributed by atoms with Crippen LogP contribution in [0.1, 0.15) is 35.7 Å². The molecule has 1 atom stereocenters. The molecule has 1 unspecified atom stereocenters. The fraction of sp³-hybridized carbons (Fsp3) is 0.533. The van der Waals surface area contributed by atoms with E-state index in [-0.39, 0.29) is 18.3 Å². The Kier molecular flexibility index (Phi) is 6.06. The molecule has 1 aromatic carbocycles. The molecular formula is C15H24ClN3O3S. The molecule has 0 radical (unpaired) electrons. The van der Waals surface area contributed by atoms with E-state index >= 15 is 0 Å². The molecule has 0 spiro atoms. The van der Waals surface area contributed by atoms with Gasteiger partial charge in [-0.1, -0.05) is 6.07 Å². The molecule has 6 nitrogen and oxygen atoms in total. The highest BCUT2D eigenvalue weighted by molar-refractivity contribution is 7.92. The van der Waals surface area contributed by atoms with Crippen molar-refractivity contribution in [2.24, 2.45) is 11.7 Å². The van der Waals surface area contributed by atoms with Crippen molar-refractivity contribution in [2.45, 2.75) is 32.2 Å². The van der Waals surface area contributed by atoms with Crippen molar-refractivity contribution in [1.82, 2.24) is 5.32 Å². The van der Waals surface area contributed by atoms with Crippen LogP contribution in [0.5, 0.6) is 0 Å². The zero-order valence-electron chi connectivity index (χ0n) is 13.5. The van der Waals surface area contributed by atoms with Gasteiger partial charge in [0.25, 0.3) is 5.91 Å². The van der Waals surface area contributed by atoms with Crippen LogP contribution in [0.4, 0.5) is 5.69 Å².